The lowest BCUT2D eigenvalue weighted by Gasteiger charge is -2.13. The quantitative estimate of drug-likeness (QED) is 0.174. The van der Waals surface area contributed by atoms with Gasteiger partial charge < -0.3 is 40.6 Å². The number of fused-ring (bicyclic) bond motifs is 2. The minimum atomic E-state index is -0.737. The lowest BCUT2D eigenvalue weighted by Crippen LogP contribution is -2.24. The summed E-state index contributed by atoms with van der Waals surface area (Å²) in [6.07, 6.45) is 2.83. The van der Waals surface area contributed by atoms with Crippen molar-refractivity contribution in [2.75, 3.05) is 18.9 Å². The number of imidazole rings is 2. The Labute approximate surface area is 202 Å². The van der Waals surface area contributed by atoms with Gasteiger partial charge in [0.05, 0.1) is 44.4 Å². The standard InChI is InChI=1S/C10H13N5O3.C10H12N4O4/c11-9-8-10(13-3-12-9)15(4-14-8)7-1-5(17)6(2-16)18-7;15-2-6-5(16)1-7(18-6)14-4-13-8-9(14)11-3-12-10(8)17/h3-7,16-17H,1-2H2,(H2,11,12,13);3-7,15-16H,1-2H2,(H,11,12,17). The molecule has 2 aliphatic rings. The second-order valence-electron chi connectivity index (χ2n) is 8.37. The van der Waals surface area contributed by atoms with Crippen molar-refractivity contribution < 1.29 is 29.9 Å². The summed E-state index contributed by atoms with van der Waals surface area (Å²) in [6.45, 7) is -0.472. The number of hydrogen-bond acceptors (Lipinski definition) is 13. The highest BCUT2D eigenvalue weighted by atomic mass is 16.5. The van der Waals surface area contributed by atoms with E-state index in [2.05, 4.69) is 29.9 Å². The first-order chi connectivity index (χ1) is 17.4. The van der Waals surface area contributed by atoms with Crippen LogP contribution in [0.5, 0.6) is 0 Å². The molecule has 6 atom stereocenters. The van der Waals surface area contributed by atoms with Crippen LogP contribution in [0.1, 0.15) is 25.3 Å². The molecule has 16 heteroatoms. The smallest absolute Gasteiger partial charge is 0.278 e. The fourth-order valence-electron chi connectivity index (χ4n) is 4.25. The number of aromatic amines is 1. The van der Waals surface area contributed by atoms with E-state index in [9.17, 15) is 15.0 Å². The molecule has 2 aliphatic heterocycles. The van der Waals surface area contributed by atoms with E-state index in [-0.39, 0.29) is 24.3 Å². The summed E-state index contributed by atoms with van der Waals surface area (Å²) < 4.78 is 14.3. The van der Waals surface area contributed by atoms with Gasteiger partial charge in [0, 0.05) is 12.8 Å². The van der Waals surface area contributed by atoms with Gasteiger partial charge in [0.15, 0.2) is 22.6 Å². The molecular weight excluding hydrogens is 478 g/mol. The number of nitrogens with zero attached hydrogens (tertiary/aromatic N) is 7. The molecule has 0 saturated carbocycles. The predicted molar refractivity (Wildman–Crippen MR) is 121 cm³/mol. The number of aromatic nitrogens is 8. The molecule has 4 aromatic rings. The molecule has 0 spiro atoms. The van der Waals surface area contributed by atoms with Gasteiger partial charge in [0.1, 0.15) is 36.5 Å². The molecule has 16 nitrogen and oxygen atoms in total. The van der Waals surface area contributed by atoms with Crippen LogP contribution in [-0.2, 0) is 9.47 Å². The minimum Gasteiger partial charge on any atom is -0.394 e. The average molecular weight is 503 g/mol. The first-order valence-corrected chi connectivity index (χ1v) is 11.1. The number of nitrogens with two attached hydrogens (primary N) is 1. The van der Waals surface area contributed by atoms with Gasteiger partial charge in [-0.2, -0.15) is 0 Å². The van der Waals surface area contributed by atoms with Crippen molar-refractivity contribution in [3.05, 3.63) is 35.7 Å². The van der Waals surface area contributed by atoms with Crippen molar-refractivity contribution in [2.24, 2.45) is 0 Å². The van der Waals surface area contributed by atoms with E-state index in [4.69, 9.17) is 25.4 Å². The highest BCUT2D eigenvalue weighted by molar-refractivity contribution is 5.81. The van der Waals surface area contributed by atoms with Crippen molar-refractivity contribution in [1.29, 1.82) is 0 Å². The molecular formula is C20H25N9O7. The van der Waals surface area contributed by atoms with E-state index in [1.165, 1.54) is 19.0 Å². The largest absolute Gasteiger partial charge is 0.394 e. The van der Waals surface area contributed by atoms with Gasteiger partial charge in [-0.15, -0.1) is 0 Å². The summed E-state index contributed by atoms with van der Waals surface area (Å²) >= 11 is 0. The molecule has 2 saturated heterocycles. The number of aliphatic hydroxyl groups is 4. The van der Waals surface area contributed by atoms with Crippen molar-refractivity contribution in [1.82, 2.24) is 39.0 Å². The summed E-state index contributed by atoms with van der Waals surface area (Å²) in [5.41, 5.74) is 7.05. The van der Waals surface area contributed by atoms with Crippen LogP contribution in [0.3, 0.4) is 0 Å². The first kappa shape index (κ1) is 24.2. The predicted octanol–water partition coefficient (Wildman–Crippen LogP) is -2.19. The van der Waals surface area contributed by atoms with Crippen LogP contribution in [0.2, 0.25) is 0 Å². The number of nitrogens with one attached hydrogen (secondary N) is 1. The zero-order valence-electron chi connectivity index (χ0n) is 18.8. The Bertz CT molecular complexity index is 1410. The summed E-state index contributed by atoms with van der Waals surface area (Å²) in [6, 6.07) is 0. The number of H-pyrrole nitrogens is 1. The van der Waals surface area contributed by atoms with Crippen LogP contribution in [0.15, 0.2) is 30.1 Å². The molecule has 6 unspecified atom stereocenters. The van der Waals surface area contributed by atoms with Crippen molar-refractivity contribution >= 4 is 28.1 Å². The van der Waals surface area contributed by atoms with Gasteiger partial charge in [-0.1, -0.05) is 0 Å². The van der Waals surface area contributed by atoms with Crippen LogP contribution in [0.25, 0.3) is 22.3 Å². The van der Waals surface area contributed by atoms with Gasteiger partial charge >= 0.3 is 0 Å². The molecule has 0 bridgehead atoms. The summed E-state index contributed by atoms with van der Waals surface area (Å²) in [4.78, 5) is 34.0. The Balaban J connectivity index is 0.000000148. The summed E-state index contributed by atoms with van der Waals surface area (Å²) in [7, 11) is 0. The van der Waals surface area contributed by atoms with Crippen LogP contribution < -0.4 is 11.3 Å². The Morgan fingerprint density at radius 3 is 2.00 bits per heavy atom. The van der Waals surface area contributed by atoms with Crippen LogP contribution in [0, 0.1) is 0 Å². The monoisotopic (exact) mass is 503 g/mol. The van der Waals surface area contributed by atoms with Crippen LogP contribution in [-0.4, -0.2) is 97.1 Å². The minimum absolute atomic E-state index is 0.221. The Kier molecular flexibility index (Phi) is 6.61. The third kappa shape index (κ3) is 4.29. The summed E-state index contributed by atoms with van der Waals surface area (Å²) in [5, 5.41) is 37.5. The SMILES string of the molecule is Nc1ncnc2c1ncn2C1CC(O)C(CO)O1.O=c1[nH]cnc2c1ncn2C1CC(O)C(CO)O1. The highest BCUT2D eigenvalue weighted by Crippen LogP contribution is 2.31. The molecule has 0 aliphatic carbocycles. The second-order valence-corrected chi connectivity index (χ2v) is 8.37. The second kappa shape index (κ2) is 9.84. The van der Waals surface area contributed by atoms with Gasteiger partial charge in [-0.05, 0) is 0 Å². The van der Waals surface area contributed by atoms with Gasteiger partial charge in [-0.25, -0.2) is 24.9 Å². The van der Waals surface area contributed by atoms with Crippen LogP contribution in [0.4, 0.5) is 5.82 Å². The van der Waals surface area contributed by atoms with Gasteiger partial charge in [-0.3, -0.25) is 13.9 Å². The number of anilines is 1. The van der Waals surface area contributed by atoms with E-state index < -0.39 is 36.9 Å². The zero-order valence-corrected chi connectivity index (χ0v) is 18.8. The maximum absolute atomic E-state index is 11.5. The molecule has 0 radical (unpaired) electrons. The Morgan fingerprint density at radius 1 is 0.889 bits per heavy atom. The van der Waals surface area contributed by atoms with Crippen molar-refractivity contribution in [3.8, 4) is 0 Å². The number of ether oxygens (including phenoxy) is 2. The maximum atomic E-state index is 11.5. The van der Waals surface area contributed by atoms with E-state index in [0.717, 1.165) is 0 Å². The van der Waals surface area contributed by atoms with Crippen molar-refractivity contribution in [3.63, 3.8) is 0 Å². The maximum Gasteiger partial charge on any atom is 0.278 e. The Morgan fingerprint density at radius 2 is 1.44 bits per heavy atom. The third-order valence-corrected chi connectivity index (χ3v) is 6.14. The fraction of sp³-hybridized carbons (Fsp3) is 0.500. The normalized spacial score (nSPS) is 28.0. The van der Waals surface area contributed by atoms with Crippen LogP contribution >= 0.6 is 0 Å². The number of hydrogen-bond donors (Lipinski definition) is 6. The van der Waals surface area contributed by atoms with E-state index in [1.54, 1.807) is 15.5 Å². The first-order valence-electron chi connectivity index (χ1n) is 11.1. The molecule has 7 N–H and O–H groups in total. The number of aliphatic hydroxyl groups excluding tert-OH is 4. The van der Waals surface area contributed by atoms with Gasteiger partial charge in [0.2, 0.25) is 0 Å². The lowest BCUT2D eigenvalue weighted by atomic mass is 10.2. The molecule has 192 valence electrons. The van der Waals surface area contributed by atoms with Gasteiger partial charge in [0.25, 0.3) is 5.56 Å². The number of nitrogen functional groups attached to an aromatic ring is 1. The average Bonchev–Trinajstić information content (AvgIpc) is 3.64. The molecule has 0 amide bonds. The number of rotatable bonds is 4. The molecule has 6 rings (SSSR count). The van der Waals surface area contributed by atoms with E-state index in [1.807, 2.05) is 0 Å². The van der Waals surface area contributed by atoms with E-state index >= 15 is 0 Å². The molecule has 0 aromatic carbocycles. The zero-order chi connectivity index (χ0) is 25.4. The Hall–Kier alpha value is -3.54. The van der Waals surface area contributed by atoms with Crippen molar-refractivity contribution in [2.45, 2.75) is 49.7 Å². The summed E-state index contributed by atoms with van der Waals surface area (Å²) in [5.74, 6) is 0.302. The van der Waals surface area contributed by atoms with E-state index in [0.29, 0.717) is 35.5 Å². The molecule has 4 aromatic heterocycles. The lowest BCUT2D eigenvalue weighted by molar-refractivity contribution is -0.0432. The third-order valence-electron chi connectivity index (χ3n) is 6.14. The highest BCUT2D eigenvalue weighted by Gasteiger charge is 2.36. The topological polar surface area (TPSA) is 233 Å². The fourth-order valence-corrected chi connectivity index (χ4v) is 4.25. The molecule has 36 heavy (non-hydrogen) atoms. The molecule has 6 heterocycles. The molecule has 2 fully saturated rings.